The Balaban J connectivity index is 1.40. The molecule has 2 saturated heterocycles. The van der Waals surface area contributed by atoms with Gasteiger partial charge in [-0.05, 0) is 55.0 Å². The maximum Gasteiger partial charge on any atom is 0.253 e. The number of hydrogen-bond donors (Lipinski definition) is 0. The number of carbonyl (C=O) groups excluding carboxylic acids is 1. The van der Waals surface area contributed by atoms with Crippen LogP contribution < -0.4 is 4.74 Å². The molecule has 1 amide bonds. The molecule has 2 atom stereocenters. The predicted molar refractivity (Wildman–Crippen MR) is 114 cm³/mol. The van der Waals surface area contributed by atoms with Crippen LogP contribution in [0.4, 0.5) is 0 Å². The van der Waals surface area contributed by atoms with Crippen molar-refractivity contribution in [2.45, 2.75) is 24.5 Å². The van der Waals surface area contributed by atoms with E-state index in [-0.39, 0.29) is 11.8 Å². The Bertz CT molecular complexity index is 996. The van der Waals surface area contributed by atoms with Crippen molar-refractivity contribution < 1.29 is 17.9 Å². The smallest absolute Gasteiger partial charge is 0.253 e. The normalized spacial score (nSPS) is 23.6. The number of nitrogens with zero attached hydrogens (tertiary/aromatic N) is 3. The molecule has 0 radical (unpaired) electrons. The molecule has 2 fully saturated rings. The van der Waals surface area contributed by atoms with Crippen LogP contribution in [0.3, 0.4) is 0 Å². The highest BCUT2D eigenvalue weighted by Crippen LogP contribution is 2.34. The predicted octanol–water partition coefficient (Wildman–Crippen LogP) is 2.20. The summed E-state index contributed by atoms with van der Waals surface area (Å²) in [5, 5.41) is -0.405. The van der Waals surface area contributed by atoms with Crippen LogP contribution in [0.1, 0.15) is 28.8 Å². The number of sulfonamides is 1. The average molecular weight is 430 g/mol. The van der Waals surface area contributed by atoms with Gasteiger partial charge in [0.1, 0.15) is 5.75 Å². The van der Waals surface area contributed by atoms with Gasteiger partial charge in [0.05, 0.1) is 12.4 Å². The molecule has 0 unspecified atom stereocenters. The van der Waals surface area contributed by atoms with E-state index < -0.39 is 15.3 Å². The van der Waals surface area contributed by atoms with E-state index in [2.05, 4.69) is 4.98 Å². The van der Waals surface area contributed by atoms with Gasteiger partial charge in [-0.2, -0.15) is 0 Å². The molecule has 7 nitrogen and oxygen atoms in total. The summed E-state index contributed by atoms with van der Waals surface area (Å²) in [6, 6.07) is 11.1. The summed E-state index contributed by atoms with van der Waals surface area (Å²) in [7, 11) is -1.73. The van der Waals surface area contributed by atoms with E-state index in [0.29, 0.717) is 51.0 Å². The zero-order valence-electron chi connectivity index (χ0n) is 17.1. The topological polar surface area (TPSA) is 79.8 Å². The van der Waals surface area contributed by atoms with Gasteiger partial charge < -0.3 is 9.64 Å². The van der Waals surface area contributed by atoms with Gasteiger partial charge in [-0.3, -0.25) is 9.78 Å². The van der Waals surface area contributed by atoms with E-state index in [0.717, 1.165) is 11.3 Å². The number of likely N-dealkylation sites (tertiary alicyclic amines) is 1. The van der Waals surface area contributed by atoms with Crippen LogP contribution >= 0.6 is 0 Å². The number of benzene rings is 1. The second-order valence-corrected chi connectivity index (χ2v) is 10.1. The Hall–Kier alpha value is -2.45. The fourth-order valence-corrected chi connectivity index (χ4v) is 6.72. The highest BCUT2D eigenvalue weighted by molar-refractivity contribution is 7.90. The van der Waals surface area contributed by atoms with Crippen LogP contribution in [-0.4, -0.2) is 67.1 Å². The zero-order chi connectivity index (χ0) is 21.1. The van der Waals surface area contributed by atoms with Gasteiger partial charge in [0.25, 0.3) is 5.91 Å². The van der Waals surface area contributed by atoms with Crippen LogP contribution in [0.5, 0.6) is 5.75 Å². The molecule has 2 aliphatic heterocycles. The summed E-state index contributed by atoms with van der Waals surface area (Å²) in [4.78, 5) is 18.5. The Morgan fingerprint density at radius 2 is 1.93 bits per heavy atom. The summed E-state index contributed by atoms with van der Waals surface area (Å²) in [5.41, 5.74) is 1.66. The Labute approximate surface area is 177 Å². The number of hydrogen-bond acceptors (Lipinski definition) is 5. The van der Waals surface area contributed by atoms with E-state index in [1.54, 1.807) is 40.8 Å². The van der Waals surface area contributed by atoms with Crippen molar-refractivity contribution in [2.75, 3.05) is 33.3 Å². The second-order valence-electron chi connectivity index (χ2n) is 7.91. The molecule has 1 aromatic heterocycles. The molecular formula is C22H27N3O4S. The molecule has 160 valence electrons. The maximum atomic E-state index is 13.2. The standard InChI is InChI=1S/C22H27N3O4S/c1-29-20-4-2-3-17(15-20)7-14-25-16-19-8-12-24(13-9-21(19)30(25,27)28)22(26)18-5-10-23-11-6-18/h2-6,10-11,15,19,21H,7-9,12-14,16H2,1H3/t19-,21-/m1/s1. The summed E-state index contributed by atoms with van der Waals surface area (Å²) in [6.07, 6.45) is 5.05. The van der Waals surface area contributed by atoms with Crippen molar-refractivity contribution in [1.29, 1.82) is 0 Å². The highest BCUT2D eigenvalue weighted by Gasteiger charge is 2.46. The number of aromatic nitrogens is 1. The minimum Gasteiger partial charge on any atom is -0.497 e. The minimum absolute atomic E-state index is 0.0512. The van der Waals surface area contributed by atoms with Gasteiger partial charge in [0.2, 0.25) is 10.0 Å². The van der Waals surface area contributed by atoms with E-state index in [1.165, 1.54) is 0 Å². The van der Waals surface area contributed by atoms with Gasteiger partial charge in [-0.15, -0.1) is 0 Å². The fraction of sp³-hybridized carbons (Fsp3) is 0.455. The zero-order valence-corrected chi connectivity index (χ0v) is 17.9. The van der Waals surface area contributed by atoms with E-state index in [4.69, 9.17) is 4.74 Å². The van der Waals surface area contributed by atoms with Gasteiger partial charge in [0, 0.05) is 44.1 Å². The number of ether oxygens (including phenoxy) is 1. The molecule has 8 heteroatoms. The molecular weight excluding hydrogens is 402 g/mol. The van der Waals surface area contributed by atoms with Gasteiger partial charge >= 0.3 is 0 Å². The molecule has 2 aliphatic rings. The summed E-state index contributed by atoms with van der Waals surface area (Å²) in [6.45, 7) is 2.06. The van der Waals surface area contributed by atoms with E-state index >= 15 is 0 Å². The monoisotopic (exact) mass is 429 g/mol. The average Bonchev–Trinajstić information content (AvgIpc) is 2.90. The Morgan fingerprint density at radius 1 is 1.17 bits per heavy atom. The van der Waals surface area contributed by atoms with Gasteiger partial charge in [-0.25, -0.2) is 12.7 Å². The molecule has 0 spiro atoms. The number of amides is 1. The number of rotatable bonds is 5. The first kappa shape index (κ1) is 20.8. The number of pyridine rings is 1. The number of carbonyl (C=O) groups is 1. The van der Waals surface area contributed by atoms with Crippen LogP contribution in [0.2, 0.25) is 0 Å². The lowest BCUT2D eigenvalue weighted by Gasteiger charge is -2.22. The van der Waals surface area contributed by atoms with Gasteiger partial charge in [-0.1, -0.05) is 12.1 Å². The van der Waals surface area contributed by atoms with E-state index in [9.17, 15) is 13.2 Å². The van der Waals surface area contributed by atoms with E-state index in [1.807, 2.05) is 24.3 Å². The lowest BCUT2D eigenvalue weighted by molar-refractivity contribution is 0.0759. The molecule has 30 heavy (non-hydrogen) atoms. The van der Waals surface area contributed by atoms with Crippen LogP contribution in [0.15, 0.2) is 48.8 Å². The lowest BCUT2D eigenvalue weighted by atomic mass is 10.0. The third-order valence-electron chi connectivity index (χ3n) is 6.16. The first-order chi connectivity index (χ1) is 14.5. The van der Waals surface area contributed by atoms with Gasteiger partial charge in [0.15, 0.2) is 0 Å². The molecule has 2 aromatic rings. The van der Waals surface area contributed by atoms with Crippen molar-refractivity contribution in [3.8, 4) is 5.75 Å². The largest absolute Gasteiger partial charge is 0.497 e. The molecule has 0 N–H and O–H groups in total. The summed E-state index contributed by atoms with van der Waals surface area (Å²) < 4.78 is 33.2. The van der Waals surface area contributed by atoms with Crippen LogP contribution in [-0.2, 0) is 16.4 Å². The van der Waals surface area contributed by atoms with Crippen molar-refractivity contribution in [1.82, 2.24) is 14.2 Å². The maximum absolute atomic E-state index is 13.2. The second kappa shape index (κ2) is 8.73. The summed E-state index contributed by atoms with van der Waals surface area (Å²) in [5.74, 6) is 0.793. The Kier molecular flexibility index (Phi) is 6.06. The lowest BCUT2D eigenvalue weighted by Crippen LogP contribution is -2.35. The van der Waals surface area contributed by atoms with Crippen LogP contribution in [0, 0.1) is 5.92 Å². The first-order valence-corrected chi connectivity index (χ1v) is 11.8. The molecule has 1 aromatic carbocycles. The molecule has 3 heterocycles. The highest BCUT2D eigenvalue weighted by atomic mass is 32.2. The molecule has 4 rings (SSSR count). The quantitative estimate of drug-likeness (QED) is 0.728. The van der Waals surface area contributed by atoms with Crippen molar-refractivity contribution in [3.05, 3.63) is 59.9 Å². The van der Waals surface area contributed by atoms with Crippen molar-refractivity contribution >= 4 is 15.9 Å². The van der Waals surface area contributed by atoms with Crippen molar-refractivity contribution in [3.63, 3.8) is 0 Å². The number of methoxy groups -OCH3 is 1. The SMILES string of the molecule is COc1cccc(CCN2C[C@H]3CCN(C(=O)c4ccncc4)CC[C@H]3S2(=O)=O)c1. The third-order valence-corrected chi connectivity index (χ3v) is 8.60. The van der Waals surface area contributed by atoms with Crippen LogP contribution in [0.25, 0.3) is 0 Å². The molecule has 0 aliphatic carbocycles. The van der Waals surface area contributed by atoms with Crippen molar-refractivity contribution in [2.24, 2.45) is 5.92 Å². The summed E-state index contributed by atoms with van der Waals surface area (Å²) >= 11 is 0. The number of fused-ring (bicyclic) bond motifs is 1. The minimum atomic E-state index is -3.36. The molecule has 0 bridgehead atoms. The Morgan fingerprint density at radius 3 is 2.70 bits per heavy atom. The third kappa shape index (κ3) is 4.20. The fourth-order valence-electron chi connectivity index (χ4n) is 4.48. The first-order valence-electron chi connectivity index (χ1n) is 10.3. The molecule has 0 saturated carbocycles.